The molecular formula is C8H16O5. The summed E-state index contributed by atoms with van der Waals surface area (Å²) in [7, 11) is 1.48. The van der Waals surface area contributed by atoms with Gasteiger partial charge in [0.15, 0.2) is 0 Å². The molecule has 1 rings (SSSR count). The minimum absolute atomic E-state index is 0.204. The molecule has 1 aliphatic heterocycles. The highest BCUT2D eigenvalue weighted by atomic mass is 16.6. The van der Waals surface area contributed by atoms with Crippen molar-refractivity contribution >= 4 is 0 Å². The number of aliphatic hydroxyl groups is 3. The summed E-state index contributed by atoms with van der Waals surface area (Å²) in [5.41, 5.74) is 0. The molecule has 0 amide bonds. The number of aliphatic hydroxyl groups excluding tert-OH is 3. The van der Waals surface area contributed by atoms with E-state index in [1.807, 2.05) is 0 Å². The van der Waals surface area contributed by atoms with E-state index in [2.05, 4.69) is 0 Å². The van der Waals surface area contributed by atoms with E-state index in [9.17, 15) is 15.3 Å². The molecule has 0 aromatic carbocycles. The van der Waals surface area contributed by atoms with Gasteiger partial charge in [-0.3, -0.25) is 0 Å². The second-order valence-corrected chi connectivity index (χ2v) is 3.31. The molecule has 78 valence electrons. The van der Waals surface area contributed by atoms with Crippen molar-refractivity contribution in [1.82, 2.24) is 0 Å². The largest absolute Gasteiger partial charge is 0.388 e. The molecule has 0 spiro atoms. The third-order valence-corrected chi connectivity index (χ3v) is 2.28. The molecule has 5 heteroatoms. The lowest BCUT2D eigenvalue weighted by Gasteiger charge is -2.39. The van der Waals surface area contributed by atoms with E-state index in [0.29, 0.717) is 0 Å². The normalized spacial score (nSPS) is 46.4. The van der Waals surface area contributed by atoms with Crippen LogP contribution in [0.4, 0.5) is 0 Å². The fraction of sp³-hybridized carbons (Fsp3) is 1.00. The van der Waals surface area contributed by atoms with Crippen LogP contribution in [0.2, 0.25) is 0 Å². The Kier molecular flexibility index (Phi) is 3.63. The summed E-state index contributed by atoms with van der Waals surface area (Å²) in [6, 6.07) is 0. The minimum Gasteiger partial charge on any atom is -0.388 e. The third-order valence-electron chi connectivity index (χ3n) is 2.28. The van der Waals surface area contributed by atoms with Gasteiger partial charge in [-0.1, -0.05) is 0 Å². The first-order valence-corrected chi connectivity index (χ1v) is 4.26. The van der Waals surface area contributed by atoms with Crippen molar-refractivity contribution in [3.05, 3.63) is 0 Å². The molecule has 1 heterocycles. The van der Waals surface area contributed by atoms with Gasteiger partial charge in [-0.05, 0) is 6.92 Å². The minimum atomic E-state index is -1.16. The van der Waals surface area contributed by atoms with E-state index in [4.69, 9.17) is 9.47 Å². The first-order chi connectivity index (χ1) is 6.07. The number of methoxy groups -OCH3 is 1. The quantitative estimate of drug-likeness (QED) is 0.496. The maximum atomic E-state index is 9.44. The molecule has 1 aliphatic rings. The van der Waals surface area contributed by atoms with Crippen LogP contribution in [0.1, 0.15) is 6.92 Å². The lowest BCUT2D eigenvalue weighted by molar-refractivity contribution is -0.226. The van der Waals surface area contributed by atoms with Crippen molar-refractivity contribution in [3.8, 4) is 0 Å². The average molecular weight is 192 g/mol. The van der Waals surface area contributed by atoms with Gasteiger partial charge in [-0.25, -0.2) is 0 Å². The van der Waals surface area contributed by atoms with Gasteiger partial charge in [0.1, 0.15) is 24.4 Å². The Hall–Kier alpha value is -0.200. The van der Waals surface area contributed by atoms with E-state index in [1.165, 1.54) is 7.11 Å². The summed E-state index contributed by atoms with van der Waals surface area (Å²) in [6.45, 7) is 1.84. The molecule has 0 aliphatic carbocycles. The standard InChI is InChI=1S/C8H16O5/c1-4-6(9)8(11)7(10)5(13-4)3-12-2/h4-11H,3H2,1-2H3/t4?,5-,6+,7-,8-/m0/s1. The van der Waals surface area contributed by atoms with Crippen molar-refractivity contribution < 1.29 is 24.8 Å². The molecule has 0 bridgehead atoms. The number of hydrogen-bond acceptors (Lipinski definition) is 5. The van der Waals surface area contributed by atoms with E-state index in [0.717, 1.165) is 0 Å². The van der Waals surface area contributed by atoms with Crippen LogP contribution in [0.3, 0.4) is 0 Å². The van der Waals surface area contributed by atoms with E-state index in [-0.39, 0.29) is 6.61 Å². The molecule has 1 saturated heterocycles. The lowest BCUT2D eigenvalue weighted by atomic mass is 9.96. The van der Waals surface area contributed by atoms with Crippen LogP contribution >= 0.6 is 0 Å². The van der Waals surface area contributed by atoms with Crippen LogP contribution in [0.15, 0.2) is 0 Å². The molecule has 1 unspecified atom stereocenters. The fourth-order valence-corrected chi connectivity index (χ4v) is 1.44. The first kappa shape index (κ1) is 10.9. The van der Waals surface area contributed by atoms with Crippen LogP contribution in [-0.2, 0) is 9.47 Å². The molecule has 5 atom stereocenters. The molecule has 13 heavy (non-hydrogen) atoms. The molecule has 3 N–H and O–H groups in total. The maximum absolute atomic E-state index is 9.44. The second kappa shape index (κ2) is 4.34. The van der Waals surface area contributed by atoms with Gasteiger partial charge in [0.25, 0.3) is 0 Å². The molecule has 0 saturated carbocycles. The summed E-state index contributed by atoms with van der Waals surface area (Å²) < 4.78 is 10.0. The van der Waals surface area contributed by atoms with Crippen molar-refractivity contribution in [2.24, 2.45) is 0 Å². The summed E-state index contributed by atoms with van der Waals surface area (Å²) >= 11 is 0. The van der Waals surface area contributed by atoms with Crippen molar-refractivity contribution in [3.63, 3.8) is 0 Å². The van der Waals surface area contributed by atoms with Gasteiger partial charge in [0.05, 0.1) is 12.7 Å². The zero-order valence-electron chi connectivity index (χ0n) is 7.75. The SMILES string of the molecule is COC[C@@H]1OC(C)[C@@H](O)[C@H](O)[C@H]1O. The first-order valence-electron chi connectivity index (χ1n) is 4.26. The van der Waals surface area contributed by atoms with Crippen LogP contribution in [0.5, 0.6) is 0 Å². The van der Waals surface area contributed by atoms with Crippen LogP contribution < -0.4 is 0 Å². The summed E-state index contributed by atoms with van der Waals surface area (Å²) in [5, 5.41) is 28.1. The van der Waals surface area contributed by atoms with E-state index >= 15 is 0 Å². The van der Waals surface area contributed by atoms with E-state index < -0.39 is 30.5 Å². The second-order valence-electron chi connectivity index (χ2n) is 3.31. The summed E-state index contributed by atoms with van der Waals surface area (Å²) in [4.78, 5) is 0. The Balaban J connectivity index is 2.59. The summed E-state index contributed by atoms with van der Waals surface area (Å²) in [5.74, 6) is 0. The Bertz CT molecular complexity index is 163. The number of hydrogen-bond donors (Lipinski definition) is 3. The smallest absolute Gasteiger partial charge is 0.111 e. The predicted octanol–water partition coefficient (Wildman–Crippen LogP) is -1.50. The zero-order chi connectivity index (χ0) is 10.0. The van der Waals surface area contributed by atoms with Gasteiger partial charge in [-0.2, -0.15) is 0 Å². The Labute approximate surface area is 76.9 Å². The van der Waals surface area contributed by atoms with Gasteiger partial charge in [0.2, 0.25) is 0 Å². The Morgan fingerprint density at radius 3 is 2.31 bits per heavy atom. The lowest BCUT2D eigenvalue weighted by Crippen LogP contribution is -2.57. The molecule has 0 radical (unpaired) electrons. The fourth-order valence-electron chi connectivity index (χ4n) is 1.44. The average Bonchev–Trinajstić information content (AvgIpc) is 2.11. The van der Waals surface area contributed by atoms with Gasteiger partial charge < -0.3 is 24.8 Å². The molecule has 1 fully saturated rings. The monoisotopic (exact) mass is 192 g/mol. The predicted molar refractivity (Wildman–Crippen MR) is 44.2 cm³/mol. The molecule has 5 nitrogen and oxygen atoms in total. The van der Waals surface area contributed by atoms with Crippen molar-refractivity contribution in [2.75, 3.05) is 13.7 Å². The van der Waals surface area contributed by atoms with Gasteiger partial charge >= 0.3 is 0 Å². The van der Waals surface area contributed by atoms with Crippen LogP contribution in [0.25, 0.3) is 0 Å². The zero-order valence-corrected chi connectivity index (χ0v) is 7.75. The van der Waals surface area contributed by atoms with Gasteiger partial charge in [-0.15, -0.1) is 0 Å². The maximum Gasteiger partial charge on any atom is 0.111 e. The van der Waals surface area contributed by atoms with Gasteiger partial charge in [0, 0.05) is 7.11 Å². The number of ether oxygens (including phenoxy) is 2. The highest BCUT2D eigenvalue weighted by Gasteiger charge is 2.41. The van der Waals surface area contributed by atoms with Crippen LogP contribution in [0, 0.1) is 0 Å². The third kappa shape index (κ3) is 2.18. The highest BCUT2D eigenvalue weighted by Crippen LogP contribution is 2.20. The Morgan fingerprint density at radius 2 is 1.77 bits per heavy atom. The molecule has 0 aromatic rings. The van der Waals surface area contributed by atoms with Crippen LogP contribution in [-0.4, -0.2) is 59.6 Å². The van der Waals surface area contributed by atoms with Crippen molar-refractivity contribution in [2.45, 2.75) is 37.4 Å². The molecule has 0 aromatic heterocycles. The highest BCUT2D eigenvalue weighted by molar-refractivity contribution is 4.90. The topological polar surface area (TPSA) is 79.2 Å². The van der Waals surface area contributed by atoms with Crippen molar-refractivity contribution in [1.29, 1.82) is 0 Å². The number of rotatable bonds is 2. The Morgan fingerprint density at radius 1 is 1.15 bits per heavy atom. The van der Waals surface area contributed by atoms with E-state index in [1.54, 1.807) is 6.92 Å². The molecular weight excluding hydrogens is 176 g/mol. The summed E-state index contributed by atoms with van der Waals surface area (Å²) in [6.07, 6.45) is -4.35.